The first kappa shape index (κ1) is 15.2. The van der Waals surface area contributed by atoms with Gasteiger partial charge in [-0.1, -0.05) is 36.4 Å². The zero-order valence-corrected chi connectivity index (χ0v) is 12.0. The lowest BCUT2D eigenvalue weighted by Crippen LogP contribution is -2.03. The van der Waals surface area contributed by atoms with Gasteiger partial charge in [-0.2, -0.15) is 13.2 Å². The van der Waals surface area contributed by atoms with Crippen LogP contribution in [0.1, 0.15) is 5.56 Å². The fraction of sp³-hybridized carbons (Fsp3) is 0.0526. The third-order valence-corrected chi connectivity index (χ3v) is 3.30. The summed E-state index contributed by atoms with van der Waals surface area (Å²) >= 11 is 0. The Morgan fingerprint density at radius 3 is 2.09 bits per heavy atom. The minimum atomic E-state index is -4.34. The van der Waals surface area contributed by atoms with Crippen LogP contribution in [0.15, 0.2) is 72.8 Å². The molecule has 0 bridgehead atoms. The standard InChI is InChI=1S/C19H12F3O/c20-19(21,22)16-9-11-17(12-10-16)23-18-8-4-7-15(13-18)14-5-2-1-3-6-14/h2-13H. The fourth-order valence-corrected chi connectivity index (χ4v) is 2.17. The van der Waals surface area contributed by atoms with Crippen molar-refractivity contribution in [2.45, 2.75) is 6.18 Å². The van der Waals surface area contributed by atoms with Gasteiger partial charge in [0.2, 0.25) is 0 Å². The summed E-state index contributed by atoms with van der Waals surface area (Å²) in [5.41, 5.74) is 1.28. The third kappa shape index (κ3) is 3.72. The van der Waals surface area contributed by atoms with Crippen molar-refractivity contribution in [1.29, 1.82) is 0 Å². The van der Waals surface area contributed by atoms with Gasteiger partial charge in [0.25, 0.3) is 0 Å². The van der Waals surface area contributed by atoms with E-state index in [4.69, 9.17) is 4.74 Å². The van der Waals surface area contributed by atoms with E-state index in [1.54, 1.807) is 6.07 Å². The van der Waals surface area contributed by atoms with Gasteiger partial charge in [0.15, 0.2) is 0 Å². The van der Waals surface area contributed by atoms with Crippen LogP contribution in [0.4, 0.5) is 13.2 Å². The van der Waals surface area contributed by atoms with Crippen molar-refractivity contribution in [3.05, 3.63) is 84.4 Å². The van der Waals surface area contributed by atoms with Crippen LogP contribution in [0.2, 0.25) is 0 Å². The molecule has 0 fully saturated rings. The molecule has 0 aromatic heterocycles. The number of hydrogen-bond acceptors (Lipinski definition) is 1. The van der Waals surface area contributed by atoms with Crippen molar-refractivity contribution in [1.82, 2.24) is 0 Å². The molecular formula is C19H12F3O. The lowest BCUT2D eigenvalue weighted by molar-refractivity contribution is -0.137. The second-order valence-corrected chi connectivity index (χ2v) is 4.94. The number of hydrogen-bond donors (Lipinski definition) is 0. The van der Waals surface area contributed by atoms with E-state index in [1.807, 2.05) is 42.5 Å². The largest absolute Gasteiger partial charge is 0.457 e. The molecule has 0 aliphatic carbocycles. The van der Waals surface area contributed by atoms with Gasteiger partial charge in [0.05, 0.1) is 5.56 Å². The zero-order chi connectivity index (χ0) is 16.3. The molecule has 0 amide bonds. The summed E-state index contributed by atoms with van der Waals surface area (Å²) in [7, 11) is 0. The molecular weight excluding hydrogens is 301 g/mol. The van der Waals surface area contributed by atoms with Crippen molar-refractivity contribution < 1.29 is 17.9 Å². The highest BCUT2D eigenvalue weighted by Gasteiger charge is 2.30. The molecule has 1 radical (unpaired) electrons. The van der Waals surface area contributed by atoms with Crippen LogP contribution in [0.3, 0.4) is 0 Å². The molecule has 0 aliphatic rings. The first-order valence-electron chi connectivity index (χ1n) is 6.94. The van der Waals surface area contributed by atoms with Crippen molar-refractivity contribution in [3.63, 3.8) is 0 Å². The van der Waals surface area contributed by atoms with Gasteiger partial charge < -0.3 is 4.74 Å². The van der Waals surface area contributed by atoms with Crippen molar-refractivity contribution in [3.8, 4) is 22.6 Å². The molecule has 0 spiro atoms. The van der Waals surface area contributed by atoms with Crippen LogP contribution in [0.5, 0.6) is 11.5 Å². The summed E-state index contributed by atoms with van der Waals surface area (Å²) in [6.07, 6.45) is -4.34. The molecule has 115 valence electrons. The molecule has 0 atom stereocenters. The Morgan fingerprint density at radius 2 is 1.43 bits per heavy atom. The maximum Gasteiger partial charge on any atom is 0.416 e. The maximum absolute atomic E-state index is 12.5. The predicted molar refractivity (Wildman–Crippen MR) is 82.2 cm³/mol. The second kappa shape index (κ2) is 6.16. The highest BCUT2D eigenvalue weighted by molar-refractivity contribution is 5.64. The van der Waals surface area contributed by atoms with Crippen LogP contribution in [-0.2, 0) is 6.18 Å². The van der Waals surface area contributed by atoms with Gasteiger partial charge in [0, 0.05) is 0 Å². The normalized spacial score (nSPS) is 11.3. The van der Waals surface area contributed by atoms with E-state index in [2.05, 4.69) is 6.07 Å². The number of halogens is 3. The highest BCUT2D eigenvalue weighted by Crippen LogP contribution is 2.32. The van der Waals surface area contributed by atoms with Gasteiger partial charge in [-0.25, -0.2) is 0 Å². The quantitative estimate of drug-likeness (QED) is 0.579. The van der Waals surface area contributed by atoms with Gasteiger partial charge in [-0.05, 0) is 53.6 Å². The Hall–Kier alpha value is -2.75. The summed E-state index contributed by atoms with van der Waals surface area (Å²) in [6.45, 7) is 0. The molecule has 1 nitrogen and oxygen atoms in total. The zero-order valence-electron chi connectivity index (χ0n) is 12.0. The Morgan fingerprint density at radius 1 is 0.739 bits per heavy atom. The van der Waals surface area contributed by atoms with E-state index < -0.39 is 11.7 Å². The fourth-order valence-electron chi connectivity index (χ4n) is 2.17. The molecule has 3 rings (SSSR count). The van der Waals surface area contributed by atoms with Crippen molar-refractivity contribution >= 4 is 0 Å². The van der Waals surface area contributed by atoms with E-state index in [1.165, 1.54) is 12.1 Å². The third-order valence-electron chi connectivity index (χ3n) is 3.30. The second-order valence-electron chi connectivity index (χ2n) is 4.94. The smallest absolute Gasteiger partial charge is 0.416 e. The molecule has 3 aromatic carbocycles. The molecule has 23 heavy (non-hydrogen) atoms. The Balaban J connectivity index is 1.81. The molecule has 0 heterocycles. The molecule has 4 heteroatoms. The summed E-state index contributed by atoms with van der Waals surface area (Å²) in [5.74, 6) is 0.923. The van der Waals surface area contributed by atoms with Crippen LogP contribution < -0.4 is 4.74 Å². The van der Waals surface area contributed by atoms with E-state index in [0.29, 0.717) is 11.5 Å². The number of rotatable bonds is 3. The first-order valence-corrected chi connectivity index (χ1v) is 6.94. The Kier molecular flexibility index (Phi) is 4.06. The van der Waals surface area contributed by atoms with E-state index in [0.717, 1.165) is 23.3 Å². The van der Waals surface area contributed by atoms with Gasteiger partial charge >= 0.3 is 6.18 Å². The Bertz CT molecular complexity index is 778. The molecule has 3 aromatic rings. The minimum absolute atomic E-state index is 0.358. The summed E-state index contributed by atoms with van der Waals surface area (Å²) in [5, 5.41) is 0. The van der Waals surface area contributed by atoms with E-state index in [9.17, 15) is 13.2 Å². The number of ether oxygens (including phenoxy) is 1. The van der Waals surface area contributed by atoms with Gasteiger partial charge in [0.1, 0.15) is 11.5 Å². The lowest BCUT2D eigenvalue weighted by atomic mass is 10.1. The monoisotopic (exact) mass is 313 g/mol. The Labute approximate surface area is 132 Å². The highest BCUT2D eigenvalue weighted by atomic mass is 19.4. The van der Waals surface area contributed by atoms with Crippen molar-refractivity contribution in [2.75, 3.05) is 0 Å². The summed E-state index contributed by atoms with van der Waals surface area (Å²) < 4.78 is 43.3. The number of benzene rings is 3. The average Bonchev–Trinajstić information content (AvgIpc) is 2.56. The van der Waals surface area contributed by atoms with Crippen LogP contribution in [0, 0.1) is 6.07 Å². The summed E-state index contributed by atoms with van der Waals surface area (Å²) in [6, 6.07) is 22.5. The average molecular weight is 313 g/mol. The van der Waals surface area contributed by atoms with Gasteiger partial charge in [-0.3, -0.25) is 0 Å². The minimum Gasteiger partial charge on any atom is -0.457 e. The van der Waals surface area contributed by atoms with Crippen molar-refractivity contribution in [2.24, 2.45) is 0 Å². The number of alkyl halides is 3. The van der Waals surface area contributed by atoms with E-state index >= 15 is 0 Å². The summed E-state index contributed by atoms with van der Waals surface area (Å²) in [4.78, 5) is 0. The molecule has 0 saturated heterocycles. The SMILES string of the molecule is FC(F)(F)c1ccc(Oc2cccc(-c3cc[c]cc3)c2)cc1. The molecule has 0 saturated carbocycles. The maximum atomic E-state index is 12.5. The first-order chi connectivity index (χ1) is 11.0. The molecule has 0 unspecified atom stereocenters. The van der Waals surface area contributed by atoms with Crippen LogP contribution >= 0.6 is 0 Å². The lowest BCUT2D eigenvalue weighted by Gasteiger charge is -2.10. The predicted octanol–water partition coefficient (Wildman–Crippen LogP) is 5.96. The molecule has 0 aliphatic heterocycles. The van der Waals surface area contributed by atoms with E-state index in [-0.39, 0.29) is 0 Å². The topological polar surface area (TPSA) is 9.23 Å². The molecule has 0 N–H and O–H groups in total. The van der Waals surface area contributed by atoms with Gasteiger partial charge in [-0.15, -0.1) is 0 Å². The van der Waals surface area contributed by atoms with Crippen LogP contribution in [-0.4, -0.2) is 0 Å². The van der Waals surface area contributed by atoms with Crippen LogP contribution in [0.25, 0.3) is 11.1 Å².